The highest BCUT2D eigenvalue weighted by Crippen LogP contribution is 2.38. The number of ketones is 1. The minimum atomic E-state index is -1.06. The van der Waals surface area contributed by atoms with Gasteiger partial charge in [-0.15, -0.1) is 11.8 Å². The highest BCUT2D eigenvalue weighted by molar-refractivity contribution is 8.01. The Morgan fingerprint density at radius 1 is 1.30 bits per heavy atom. The van der Waals surface area contributed by atoms with Gasteiger partial charge in [-0.05, 0) is 26.0 Å². The fourth-order valence-electron chi connectivity index (χ4n) is 2.43. The van der Waals surface area contributed by atoms with Crippen LogP contribution in [0.5, 0.6) is 11.5 Å². The van der Waals surface area contributed by atoms with Gasteiger partial charge >= 0.3 is 6.09 Å². The zero-order chi connectivity index (χ0) is 16.9. The van der Waals surface area contributed by atoms with Gasteiger partial charge in [-0.25, -0.2) is 4.79 Å². The summed E-state index contributed by atoms with van der Waals surface area (Å²) < 4.78 is 16.1. The lowest BCUT2D eigenvalue weighted by molar-refractivity contribution is -0.124. The maximum Gasteiger partial charge on any atom is 0.411 e. The van der Waals surface area contributed by atoms with Gasteiger partial charge in [-0.3, -0.25) is 9.69 Å². The largest absolute Gasteiger partial charge is 0.493 e. The number of rotatable bonds is 6. The van der Waals surface area contributed by atoms with Crippen LogP contribution in [0.3, 0.4) is 0 Å². The van der Waals surface area contributed by atoms with Crippen molar-refractivity contribution in [3.8, 4) is 11.5 Å². The number of amides is 1. The minimum absolute atomic E-state index is 0.0478. The molecular weight excluding hydrogens is 318 g/mol. The second-order valence-electron chi connectivity index (χ2n) is 4.98. The molecule has 0 saturated carbocycles. The third-order valence-electron chi connectivity index (χ3n) is 3.62. The Hall–Kier alpha value is -1.89. The van der Waals surface area contributed by atoms with Crippen molar-refractivity contribution in [1.29, 1.82) is 0 Å². The molecule has 2 rings (SSSR count). The summed E-state index contributed by atoms with van der Waals surface area (Å²) in [5.41, 5.74) is 0. The zero-order valence-corrected chi connectivity index (χ0v) is 14.4. The van der Waals surface area contributed by atoms with E-state index in [2.05, 4.69) is 0 Å². The first-order chi connectivity index (χ1) is 11.0. The molecule has 1 fully saturated rings. The molecule has 0 radical (unpaired) electrons. The standard InChI is InChI=1S/C16H21NO5S/c1-4-21-15(19)17-9-10-23-16(17,12(2)18)11-22-14-8-6-5-7-13(14)20-3/h5-8H,4,9-11H2,1-3H3. The van der Waals surface area contributed by atoms with Crippen molar-refractivity contribution in [2.75, 3.05) is 32.6 Å². The predicted octanol–water partition coefficient (Wildman–Crippen LogP) is 2.56. The fourth-order valence-corrected chi connectivity index (χ4v) is 3.71. The molecule has 1 amide bonds. The molecule has 0 spiro atoms. The molecule has 0 aromatic heterocycles. The van der Waals surface area contributed by atoms with Gasteiger partial charge in [-0.1, -0.05) is 12.1 Å². The molecule has 0 bridgehead atoms. The summed E-state index contributed by atoms with van der Waals surface area (Å²) in [5.74, 6) is 1.64. The lowest BCUT2D eigenvalue weighted by atomic mass is 10.2. The van der Waals surface area contributed by atoms with E-state index in [1.54, 1.807) is 26.2 Å². The minimum Gasteiger partial charge on any atom is -0.493 e. The molecule has 6 nitrogen and oxygen atoms in total. The number of hydrogen-bond donors (Lipinski definition) is 0. The van der Waals surface area contributed by atoms with Crippen LogP contribution >= 0.6 is 11.8 Å². The van der Waals surface area contributed by atoms with Crippen LogP contribution in [-0.4, -0.2) is 54.3 Å². The molecule has 126 valence electrons. The van der Waals surface area contributed by atoms with Crippen molar-refractivity contribution < 1.29 is 23.8 Å². The van der Waals surface area contributed by atoms with Gasteiger partial charge in [0, 0.05) is 12.3 Å². The number of carbonyl (C=O) groups excluding carboxylic acids is 2. The lowest BCUT2D eigenvalue weighted by Crippen LogP contribution is -2.54. The normalized spacial score (nSPS) is 20.2. The van der Waals surface area contributed by atoms with Crippen molar-refractivity contribution in [2.45, 2.75) is 18.7 Å². The summed E-state index contributed by atoms with van der Waals surface area (Å²) >= 11 is 1.40. The van der Waals surface area contributed by atoms with E-state index in [9.17, 15) is 9.59 Å². The molecule has 1 aliphatic rings. The third-order valence-corrected chi connectivity index (χ3v) is 5.11. The van der Waals surface area contributed by atoms with E-state index in [0.29, 0.717) is 23.8 Å². The van der Waals surface area contributed by atoms with Crippen molar-refractivity contribution >= 4 is 23.6 Å². The number of Topliss-reactive ketones (excluding diaryl/α,β-unsaturated/α-hetero) is 1. The molecule has 1 heterocycles. The maximum atomic E-state index is 12.3. The van der Waals surface area contributed by atoms with Crippen LogP contribution in [0.25, 0.3) is 0 Å². The van der Waals surface area contributed by atoms with Crippen LogP contribution < -0.4 is 9.47 Å². The number of nitrogens with zero attached hydrogens (tertiary/aromatic N) is 1. The first-order valence-corrected chi connectivity index (χ1v) is 8.39. The number of benzene rings is 1. The molecular formula is C16H21NO5S. The van der Waals surface area contributed by atoms with Crippen molar-refractivity contribution in [1.82, 2.24) is 4.90 Å². The predicted molar refractivity (Wildman–Crippen MR) is 88.1 cm³/mol. The number of carbonyl (C=O) groups is 2. The third kappa shape index (κ3) is 3.55. The van der Waals surface area contributed by atoms with Gasteiger partial charge < -0.3 is 14.2 Å². The highest BCUT2D eigenvalue weighted by Gasteiger charge is 2.50. The monoisotopic (exact) mass is 339 g/mol. The zero-order valence-electron chi connectivity index (χ0n) is 13.5. The van der Waals surface area contributed by atoms with Gasteiger partial charge in [0.2, 0.25) is 0 Å². The Morgan fingerprint density at radius 3 is 2.61 bits per heavy atom. The van der Waals surface area contributed by atoms with Crippen molar-refractivity contribution in [3.05, 3.63) is 24.3 Å². The molecule has 1 aromatic rings. The Bertz CT molecular complexity index is 579. The topological polar surface area (TPSA) is 65.1 Å². The van der Waals surface area contributed by atoms with Gasteiger partial charge in [-0.2, -0.15) is 0 Å². The average molecular weight is 339 g/mol. The van der Waals surface area contributed by atoms with E-state index in [1.165, 1.54) is 23.6 Å². The van der Waals surface area contributed by atoms with E-state index >= 15 is 0 Å². The molecule has 23 heavy (non-hydrogen) atoms. The summed E-state index contributed by atoms with van der Waals surface area (Å²) in [6.07, 6.45) is -0.490. The number of methoxy groups -OCH3 is 1. The van der Waals surface area contributed by atoms with Gasteiger partial charge in [0.15, 0.2) is 22.2 Å². The highest BCUT2D eigenvalue weighted by atomic mass is 32.2. The molecule has 0 aliphatic carbocycles. The lowest BCUT2D eigenvalue weighted by Gasteiger charge is -2.34. The Kier molecular flexibility index (Phi) is 5.76. The molecule has 1 saturated heterocycles. The molecule has 1 atom stereocenters. The Morgan fingerprint density at radius 2 is 2.00 bits per heavy atom. The quantitative estimate of drug-likeness (QED) is 0.794. The van der Waals surface area contributed by atoms with Crippen LogP contribution in [0.2, 0.25) is 0 Å². The number of ether oxygens (including phenoxy) is 3. The Balaban J connectivity index is 2.21. The van der Waals surface area contributed by atoms with E-state index in [0.717, 1.165) is 0 Å². The molecule has 7 heteroatoms. The van der Waals surface area contributed by atoms with Crippen LogP contribution in [-0.2, 0) is 9.53 Å². The molecule has 1 unspecified atom stereocenters. The summed E-state index contributed by atoms with van der Waals surface area (Å²) in [5, 5.41) is 0. The van der Waals surface area contributed by atoms with E-state index in [4.69, 9.17) is 14.2 Å². The summed E-state index contributed by atoms with van der Waals surface area (Å²) in [6.45, 7) is 3.98. The van der Waals surface area contributed by atoms with Crippen molar-refractivity contribution in [2.24, 2.45) is 0 Å². The number of para-hydroxylation sites is 2. The van der Waals surface area contributed by atoms with Crippen LogP contribution in [0.1, 0.15) is 13.8 Å². The summed E-state index contributed by atoms with van der Waals surface area (Å²) in [7, 11) is 1.55. The van der Waals surface area contributed by atoms with Gasteiger partial charge in [0.05, 0.1) is 13.7 Å². The molecule has 1 aromatic carbocycles. The smallest absolute Gasteiger partial charge is 0.411 e. The van der Waals surface area contributed by atoms with E-state index < -0.39 is 11.0 Å². The summed E-state index contributed by atoms with van der Waals surface area (Å²) in [4.78, 5) is 24.8. The first kappa shape index (κ1) is 17.5. The van der Waals surface area contributed by atoms with E-state index in [1.807, 2.05) is 12.1 Å². The van der Waals surface area contributed by atoms with Crippen LogP contribution in [0.4, 0.5) is 4.79 Å². The fraction of sp³-hybridized carbons (Fsp3) is 0.500. The summed E-state index contributed by atoms with van der Waals surface area (Å²) in [6, 6.07) is 7.20. The van der Waals surface area contributed by atoms with Crippen LogP contribution in [0, 0.1) is 0 Å². The average Bonchev–Trinajstić information content (AvgIpc) is 2.99. The van der Waals surface area contributed by atoms with E-state index in [-0.39, 0.29) is 19.0 Å². The maximum absolute atomic E-state index is 12.3. The van der Waals surface area contributed by atoms with Crippen LogP contribution in [0.15, 0.2) is 24.3 Å². The number of hydrogen-bond acceptors (Lipinski definition) is 6. The SMILES string of the molecule is CCOC(=O)N1CCSC1(COc1ccccc1OC)C(C)=O. The second kappa shape index (κ2) is 7.59. The first-order valence-electron chi connectivity index (χ1n) is 7.40. The van der Waals surface area contributed by atoms with Gasteiger partial charge in [0.1, 0.15) is 6.61 Å². The van der Waals surface area contributed by atoms with Gasteiger partial charge in [0.25, 0.3) is 0 Å². The van der Waals surface area contributed by atoms with Crippen molar-refractivity contribution in [3.63, 3.8) is 0 Å². The Labute approximate surface area is 140 Å². The number of thioether (sulfide) groups is 1. The second-order valence-corrected chi connectivity index (χ2v) is 6.35. The molecule has 0 N–H and O–H groups in total. The molecule has 1 aliphatic heterocycles.